The summed E-state index contributed by atoms with van der Waals surface area (Å²) in [5.41, 5.74) is -0.331. The van der Waals surface area contributed by atoms with Crippen LogP contribution in [0.15, 0.2) is 36.4 Å². The van der Waals surface area contributed by atoms with Crippen LogP contribution in [0.5, 0.6) is 0 Å². The van der Waals surface area contributed by atoms with Gasteiger partial charge in [0.25, 0.3) is 0 Å². The number of benzene rings is 1. The first-order valence-corrected chi connectivity index (χ1v) is 7.62. The fourth-order valence-electron chi connectivity index (χ4n) is 4.28. The highest BCUT2D eigenvalue weighted by atomic mass is 19.4. The van der Waals surface area contributed by atoms with Crippen LogP contribution in [0.25, 0.3) is 0 Å². The van der Waals surface area contributed by atoms with Gasteiger partial charge in [-0.3, -0.25) is 4.79 Å². The maximum Gasteiger partial charge on any atom is 0.416 e. The SMILES string of the molecule is O=C1C2C3C=CC(CC3)C2CN1c1cccc(C(F)(F)F)c1. The number of anilines is 1. The standard InChI is InChI=1S/C17H16F3NO/c18-17(19,20)12-2-1-3-13(8-12)21-9-14-10-4-6-11(7-5-10)15(14)16(21)22/h1-4,6,8,10-11,14-15H,5,7,9H2. The van der Waals surface area contributed by atoms with E-state index < -0.39 is 11.7 Å². The van der Waals surface area contributed by atoms with Crippen molar-refractivity contribution in [2.75, 3.05) is 11.4 Å². The van der Waals surface area contributed by atoms with Crippen molar-refractivity contribution in [1.82, 2.24) is 0 Å². The molecule has 1 amide bonds. The molecule has 0 radical (unpaired) electrons. The second-order valence-corrected chi connectivity index (χ2v) is 6.48. The summed E-state index contributed by atoms with van der Waals surface area (Å²) < 4.78 is 38.6. The molecule has 1 aliphatic heterocycles. The molecule has 2 nitrogen and oxygen atoms in total. The zero-order chi connectivity index (χ0) is 15.5. The van der Waals surface area contributed by atoms with Crippen molar-refractivity contribution in [1.29, 1.82) is 0 Å². The number of allylic oxidation sites excluding steroid dienone is 2. The second-order valence-electron chi connectivity index (χ2n) is 6.48. The van der Waals surface area contributed by atoms with Crippen molar-refractivity contribution in [3.63, 3.8) is 0 Å². The molecule has 1 heterocycles. The smallest absolute Gasteiger partial charge is 0.312 e. The lowest BCUT2D eigenvalue weighted by molar-refractivity contribution is -0.137. The minimum atomic E-state index is -4.38. The lowest BCUT2D eigenvalue weighted by atomic mass is 9.63. The predicted molar refractivity (Wildman–Crippen MR) is 76.1 cm³/mol. The Morgan fingerprint density at radius 2 is 1.82 bits per heavy atom. The second kappa shape index (κ2) is 4.61. The van der Waals surface area contributed by atoms with Crippen LogP contribution in [0.4, 0.5) is 18.9 Å². The van der Waals surface area contributed by atoms with E-state index in [1.54, 1.807) is 11.0 Å². The Morgan fingerprint density at radius 3 is 2.45 bits per heavy atom. The predicted octanol–water partition coefficient (Wildman–Crippen LogP) is 3.88. The number of carbonyl (C=O) groups is 1. The number of hydrogen-bond donors (Lipinski definition) is 0. The molecule has 1 aromatic rings. The highest BCUT2D eigenvalue weighted by Gasteiger charge is 2.51. The average Bonchev–Trinajstić information content (AvgIpc) is 2.88. The van der Waals surface area contributed by atoms with Gasteiger partial charge in [0.05, 0.1) is 5.56 Å². The molecule has 0 N–H and O–H groups in total. The summed E-state index contributed by atoms with van der Waals surface area (Å²) in [6.07, 6.45) is 2.05. The van der Waals surface area contributed by atoms with Gasteiger partial charge in [0, 0.05) is 18.2 Å². The maximum absolute atomic E-state index is 12.9. The Morgan fingerprint density at radius 1 is 1.09 bits per heavy atom. The van der Waals surface area contributed by atoms with Gasteiger partial charge in [-0.2, -0.15) is 13.2 Å². The Kier molecular flexibility index (Phi) is 2.90. The maximum atomic E-state index is 12.9. The molecule has 1 saturated carbocycles. The van der Waals surface area contributed by atoms with Gasteiger partial charge in [-0.05, 0) is 48.8 Å². The molecule has 1 saturated heterocycles. The van der Waals surface area contributed by atoms with Crippen LogP contribution in [0.1, 0.15) is 18.4 Å². The Bertz CT molecular complexity index is 652. The largest absolute Gasteiger partial charge is 0.416 e. The fraction of sp³-hybridized carbons (Fsp3) is 0.471. The lowest BCUT2D eigenvalue weighted by Crippen LogP contribution is -2.37. The highest BCUT2D eigenvalue weighted by molar-refractivity contribution is 5.98. The number of halogens is 3. The number of amides is 1. The number of carbonyl (C=O) groups excluding carboxylic acids is 1. The third-order valence-electron chi connectivity index (χ3n) is 5.34. The minimum Gasteiger partial charge on any atom is -0.312 e. The quantitative estimate of drug-likeness (QED) is 0.721. The molecule has 2 fully saturated rings. The molecule has 0 aromatic heterocycles. The zero-order valence-electron chi connectivity index (χ0n) is 11.9. The Labute approximate surface area is 126 Å². The summed E-state index contributed by atoms with van der Waals surface area (Å²) in [4.78, 5) is 14.3. The van der Waals surface area contributed by atoms with Crippen molar-refractivity contribution >= 4 is 11.6 Å². The molecular weight excluding hydrogens is 291 g/mol. The summed E-state index contributed by atoms with van der Waals surface area (Å²) >= 11 is 0. The summed E-state index contributed by atoms with van der Waals surface area (Å²) in [5.74, 6) is 0.862. The first-order chi connectivity index (χ1) is 10.4. The molecule has 116 valence electrons. The number of nitrogens with zero attached hydrogens (tertiary/aromatic N) is 1. The highest BCUT2D eigenvalue weighted by Crippen LogP contribution is 2.49. The number of hydrogen-bond acceptors (Lipinski definition) is 1. The third kappa shape index (κ3) is 1.98. The molecule has 1 aromatic carbocycles. The van der Waals surface area contributed by atoms with E-state index in [2.05, 4.69) is 12.2 Å². The van der Waals surface area contributed by atoms with Crippen LogP contribution in [0.2, 0.25) is 0 Å². The summed E-state index contributed by atoms with van der Waals surface area (Å²) in [6, 6.07) is 5.10. The molecule has 5 rings (SSSR count). The summed E-state index contributed by atoms with van der Waals surface area (Å²) in [7, 11) is 0. The van der Waals surface area contributed by atoms with Crippen molar-refractivity contribution in [2.24, 2.45) is 23.7 Å². The molecule has 2 bridgehead atoms. The van der Waals surface area contributed by atoms with Gasteiger partial charge >= 0.3 is 6.18 Å². The molecule has 0 spiro atoms. The third-order valence-corrected chi connectivity index (χ3v) is 5.34. The molecule has 22 heavy (non-hydrogen) atoms. The minimum absolute atomic E-state index is 0.0108. The Hall–Kier alpha value is -1.78. The molecular formula is C17H16F3NO. The first kappa shape index (κ1) is 13.9. The lowest BCUT2D eigenvalue weighted by Gasteiger charge is -2.39. The van der Waals surface area contributed by atoms with E-state index in [4.69, 9.17) is 0 Å². The number of rotatable bonds is 1. The van der Waals surface area contributed by atoms with Crippen LogP contribution in [-0.2, 0) is 11.0 Å². The molecule has 4 atom stereocenters. The van der Waals surface area contributed by atoms with Crippen LogP contribution in [0, 0.1) is 23.7 Å². The van der Waals surface area contributed by atoms with E-state index >= 15 is 0 Å². The summed E-state index contributed by atoms with van der Waals surface area (Å²) in [5, 5.41) is 0. The van der Waals surface area contributed by atoms with Gasteiger partial charge in [0.1, 0.15) is 0 Å². The van der Waals surface area contributed by atoms with Gasteiger partial charge in [-0.25, -0.2) is 0 Å². The molecule has 4 aliphatic rings. The van der Waals surface area contributed by atoms with Crippen molar-refractivity contribution < 1.29 is 18.0 Å². The van der Waals surface area contributed by atoms with E-state index in [0.29, 0.717) is 18.2 Å². The van der Waals surface area contributed by atoms with E-state index in [0.717, 1.165) is 25.0 Å². The summed E-state index contributed by atoms with van der Waals surface area (Å²) in [6.45, 7) is 0.538. The van der Waals surface area contributed by atoms with Crippen molar-refractivity contribution in [3.05, 3.63) is 42.0 Å². The molecule has 4 unspecified atom stereocenters. The van der Waals surface area contributed by atoms with Gasteiger partial charge in [0.2, 0.25) is 5.91 Å². The Balaban J connectivity index is 1.67. The molecule has 3 aliphatic carbocycles. The van der Waals surface area contributed by atoms with Crippen LogP contribution >= 0.6 is 0 Å². The topological polar surface area (TPSA) is 20.3 Å². The van der Waals surface area contributed by atoms with E-state index in [9.17, 15) is 18.0 Å². The van der Waals surface area contributed by atoms with Crippen molar-refractivity contribution in [2.45, 2.75) is 19.0 Å². The van der Waals surface area contributed by atoms with Gasteiger partial charge in [-0.1, -0.05) is 18.2 Å². The van der Waals surface area contributed by atoms with Crippen LogP contribution in [0.3, 0.4) is 0 Å². The van der Waals surface area contributed by atoms with E-state index in [-0.39, 0.29) is 23.7 Å². The first-order valence-electron chi connectivity index (χ1n) is 7.62. The van der Waals surface area contributed by atoms with Crippen molar-refractivity contribution in [3.8, 4) is 0 Å². The number of fused-ring (bicyclic) bond motifs is 1. The van der Waals surface area contributed by atoms with Crippen LogP contribution < -0.4 is 4.90 Å². The monoisotopic (exact) mass is 307 g/mol. The van der Waals surface area contributed by atoms with Gasteiger partial charge < -0.3 is 4.90 Å². The van der Waals surface area contributed by atoms with Gasteiger partial charge in [-0.15, -0.1) is 0 Å². The zero-order valence-corrected chi connectivity index (χ0v) is 11.9. The number of alkyl halides is 3. The molecule has 5 heteroatoms. The van der Waals surface area contributed by atoms with Gasteiger partial charge in [0.15, 0.2) is 0 Å². The fourth-order valence-corrected chi connectivity index (χ4v) is 4.28. The van der Waals surface area contributed by atoms with Crippen LogP contribution in [-0.4, -0.2) is 12.5 Å². The average molecular weight is 307 g/mol. The normalized spacial score (nSPS) is 33.4. The van der Waals surface area contributed by atoms with E-state index in [1.807, 2.05) is 0 Å². The van der Waals surface area contributed by atoms with E-state index in [1.165, 1.54) is 6.07 Å².